The average molecular weight is 324 g/mol. The van der Waals surface area contributed by atoms with Crippen LogP contribution in [0.2, 0.25) is 0 Å². The zero-order valence-electron chi connectivity index (χ0n) is 14.5. The van der Waals surface area contributed by atoms with Gasteiger partial charge >= 0.3 is 6.03 Å². The van der Waals surface area contributed by atoms with Gasteiger partial charge < -0.3 is 10.2 Å². The lowest BCUT2D eigenvalue weighted by molar-refractivity contribution is 0.192. The minimum atomic E-state index is -0.0510. The van der Waals surface area contributed by atoms with Crippen LogP contribution in [0.25, 0.3) is 0 Å². The molecule has 0 spiro atoms. The Bertz CT molecular complexity index is 529. The van der Waals surface area contributed by atoms with Crippen LogP contribution in [0.5, 0.6) is 0 Å². The summed E-state index contributed by atoms with van der Waals surface area (Å²) >= 11 is 1.92. The van der Waals surface area contributed by atoms with Gasteiger partial charge in [0.1, 0.15) is 0 Å². The van der Waals surface area contributed by atoms with Crippen molar-refractivity contribution in [3.63, 3.8) is 0 Å². The third kappa shape index (κ3) is 3.77. The molecule has 0 bridgehead atoms. The Morgan fingerprint density at radius 3 is 2.73 bits per heavy atom. The van der Waals surface area contributed by atoms with Crippen molar-refractivity contribution in [2.24, 2.45) is 0 Å². The summed E-state index contributed by atoms with van der Waals surface area (Å²) in [7, 11) is 1.89. The number of rotatable bonds is 3. The molecular weight excluding hydrogens is 296 g/mol. The number of urea groups is 1. The molecule has 2 heterocycles. The quantitative estimate of drug-likeness (QED) is 0.929. The van der Waals surface area contributed by atoms with Crippen LogP contribution in [-0.2, 0) is 5.54 Å². The maximum absolute atomic E-state index is 12.4. The first-order chi connectivity index (χ1) is 10.2. The highest BCUT2D eigenvalue weighted by Gasteiger charge is 2.26. The number of aryl methyl sites for hydroxylation is 1. The Morgan fingerprint density at radius 1 is 1.55 bits per heavy atom. The van der Waals surface area contributed by atoms with Crippen LogP contribution in [-0.4, -0.2) is 45.3 Å². The Balaban J connectivity index is 2.04. The van der Waals surface area contributed by atoms with Gasteiger partial charge in [0.15, 0.2) is 0 Å². The second kappa shape index (κ2) is 6.52. The van der Waals surface area contributed by atoms with E-state index in [4.69, 9.17) is 0 Å². The fourth-order valence-corrected chi connectivity index (χ4v) is 3.87. The van der Waals surface area contributed by atoms with E-state index < -0.39 is 0 Å². The minimum absolute atomic E-state index is 0.00269. The predicted octanol–water partition coefficient (Wildman–Crippen LogP) is 3.15. The van der Waals surface area contributed by atoms with Crippen molar-refractivity contribution < 1.29 is 4.79 Å². The maximum Gasteiger partial charge on any atom is 0.317 e. The third-order valence-electron chi connectivity index (χ3n) is 4.20. The zero-order valence-corrected chi connectivity index (χ0v) is 15.3. The molecule has 0 radical (unpaired) electrons. The van der Waals surface area contributed by atoms with Crippen LogP contribution in [0.4, 0.5) is 4.79 Å². The molecule has 2 rings (SSSR count). The molecule has 2 atom stereocenters. The molecule has 22 heavy (non-hydrogen) atoms. The van der Waals surface area contributed by atoms with Crippen LogP contribution < -0.4 is 5.32 Å². The van der Waals surface area contributed by atoms with E-state index in [2.05, 4.69) is 31.2 Å². The number of hydrogen-bond acceptors (Lipinski definition) is 3. The standard InChI is InChI=1S/C16H28N4OS/c1-11(14-9-20(16(3,4)5)18-12(14)2)17-15(21)19(6)13-7-8-22-10-13/h9,11,13H,7-8,10H2,1-6H3,(H,17,21)/t11-,13-/m1/s1. The highest BCUT2D eigenvalue weighted by Crippen LogP contribution is 2.23. The molecule has 0 saturated carbocycles. The van der Waals surface area contributed by atoms with E-state index in [9.17, 15) is 4.79 Å². The summed E-state index contributed by atoms with van der Waals surface area (Å²) in [5.74, 6) is 2.19. The number of carbonyl (C=O) groups excluding carboxylic acids is 1. The molecule has 1 aromatic heterocycles. The molecule has 6 heteroatoms. The lowest BCUT2D eigenvalue weighted by atomic mass is 10.1. The zero-order chi connectivity index (χ0) is 16.5. The summed E-state index contributed by atoms with van der Waals surface area (Å²) in [6.45, 7) is 10.4. The fraction of sp³-hybridized carbons (Fsp3) is 0.750. The van der Waals surface area contributed by atoms with Crippen molar-refractivity contribution in [1.82, 2.24) is 20.0 Å². The normalized spacial score (nSPS) is 20.0. The van der Waals surface area contributed by atoms with E-state index in [1.54, 1.807) is 0 Å². The second-order valence-electron chi connectivity index (χ2n) is 7.08. The Labute approximate surface area is 137 Å². The first-order valence-electron chi connectivity index (χ1n) is 7.88. The van der Waals surface area contributed by atoms with Gasteiger partial charge in [-0.1, -0.05) is 0 Å². The van der Waals surface area contributed by atoms with Gasteiger partial charge in [-0.15, -0.1) is 0 Å². The van der Waals surface area contributed by atoms with Crippen LogP contribution >= 0.6 is 11.8 Å². The molecule has 0 aliphatic carbocycles. The van der Waals surface area contributed by atoms with Crippen LogP contribution in [0.1, 0.15) is 51.4 Å². The summed E-state index contributed by atoms with van der Waals surface area (Å²) in [4.78, 5) is 14.3. The van der Waals surface area contributed by atoms with E-state index in [1.165, 1.54) is 0 Å². The van der Waals surface area contributed by atoms with Gasteiger partial charge in [-0.05, 0) is 46.8 Å². The minimum Gasteiger partial charge on any atom is -0.331 e. The van der Waals surface area contributed by atoms with Crippen molar-refractivity contribution in [3.8, 4) is 0 Å². The molecular formula is C16H28N4OS. The van der Waals surface area contributed by atoms with Crippen molar-refractivity contribution in [1.29, 1.82) is 0 Å². The molecule has 1 aromatic rings. The second-order valence-corrected chi connectivity index (χ2v) is 8.23. The monoisotopic (exact) mass is 324 g/mol. The van der Waals surface area contributed by atoms with Crippen molar-refractivity contribution in [3.05, 3.63) is 17.5 Å². The Morgan fingerprint density at radius 2 is 2.23 bits per heavy atom. The first kappa shape index (κ1) is 17.2. The van der Waals surface area contributed by atoms with Gasteiger partial charge in [-0.3, -0.25) is 4.68 Å². The van der Waals surface area contributed by atoms with Gasteiger partial charge in [-0.2, -0.15) is 16.9 Å². The highest BCUT2D eigenvalue weighted by molar-refractivity contribution is 7.99. The van der Waals surface area contributed by atoms with Crippen molar-refractivity contribution in [2.45, 2.75) is 58.7 Å². The Hall–Kier alpha value is -1.17. The summed E-state index contributed by atoms with van der Waals surface area (Å²) in [6, 6.07) is 0.318. The number of hydrogen-bond donors (Lipinski definition) is 1. The number of thioether (sulfide) groups is 1. The molecule has 1 saturated heterocycles. The maximum atomic E-state index is 12.4. The molecule has 5 nitrogen and oxygen atoms in total. The van der Waals surface area contributed by atoms with E-state index in [0.717, 1.165) is 29.2 Å². The number of aromatic nitrogens is 2. The van der Waals surface area contributed by atoms with Crippen LogP contribution in [0.15, 0.2) is 6.20 Å². The smallest absolute Gasteiger partial charge is 0.317 e. The summed E-state index contributed by atoms with van der Waals surface area (Å²) in [5.41, 5.74) is 2.00. The largest absolute Gasteiger partial charge is 0.331 e. The predicted molar refractivity (Wildman–Crippen MR) is 92.4 cm³/mol. The van der Waals surface area contributed by atoms with Gasteiger partial charge in [0.05, 0.1) is 17.3 Å². The molecule has 0 unspecified atom stereocenters. The lowest BCUT2D eigenvalue weighted by Crippen LogP contribution is -2.44. The topological polar surface area (TPSA) is 50.2 Å². The van der Waals surface area contributed by atoms with Gasteiger partial charge in [0, 0.05) is 30.6 Å². The average Bonchev–Trinajstić information content (AvgIpc) is 3.05. The fourth-order valence-electron chi connectivity index (χ4n) is 2.60. The molecule has 0 aromatic carbocycles. The summed E-state index contributed by atoms with van der Waals surface area (Å²) in [5, 5.41) is 7.68. The Kier molecular flexibility index (Phi) is 5.10. The molecule has 1 aliphatic heterocycles. The number of nitrogens with zero attached hydrogens (tertiary/aromatic N) is 3. The van der Waals surface area contributed by atoms with Crippen molar-refractivity contribution in [2.75, 3.05) is 18.6 Å². The molecule has 1 fully saturated rings. The van der Waals surface area contributed by atoms with Gasteiger partial charge in [-0.25, -0.2) is 4.79 Å². The van der Waals surface area contributed by atoms with E-state index in [-0.39, 0.29) is 17.6 Å². The van der Waals surface area contributed by atoms with Crippen molar-refractivity contribution >= 4 is 17.8 Å². The third-order valence-corrected chi connectivity index (χ3v) is 5.35. The van der Waals surface area contributed by atoms with E-state index in [0.29, 0.717) is 6.04 Å². The number of nitrogens with one attached hydrogen (secondary N) is 1. The van der Waals surface area contributed by atoms with E-state index >= 15 is 0 Å². The van der Waals surface area contributed by atoms with E-state index in [1.807, 2.05) is 48.4 Å². The molecule has 2 amide bonds. The first-order valence-corrected chi connectivity index (χ1v) is 9.03. The molecule has 1 N–H and O–H groups in total. The molecule has 1 aliphatic rings. The van der Waals surface area contributed by atoms with Gasteiger partial charge in [0.25, 0.3) is 0 Å². The number of carbonyl (C=O) groups is 1. The summed E-state index contributed by atoms with van der Waals surface area (Å²) < 4.78 is 1.97. The lowest BCUT2D eigenvalue weighted by Gasteiger charge is -2.26. The summed E-state index contributed by atoms with van der Waals surface area (Å²) in [6.07, 6.45) is 3.13. The van der Waals surface area contributed by atoms with Gasteiger partial charge in [0.2, 0.25) is 0 Å². The number of amides is 2. The highest BCUT2D eigenvalue weighted by atomic mass is 32.2. The molecule has 124 valence electrons. The van der Waals surface area contributed by atoms with Crippen LogP contribution in [0.3, 0.4) is 0 Å². The SMILES string of the molecule is Cc1nn(C(C)(C)C)cc1[C@@H](C)NC(=O)N(C)[C@@H]1CCSC1. The van der Waals surface area contributed by atoms with Crippen LogP contribution in [0, 0.1) is 6.92 Å².